The Hall–Kier alpha value is -2.96. The van der Waals surface area contributed by atoms with Crippen LogP contribution in [0.5, 0.6) is 0 Å². The molecule has 2 aromatic rings. The number of benzene rings is 1. The van der Waals surface area contributed by atoms with Crippen molar-refractivity contribution in [1.29, 1.82) is 0 Å². The predicted octanol–water partition coefficient (Wildman–Crippen LogP) is 3.24. The molecule has 1 N–H and O–H groups in total. The van der Waals surface area contributed by atoms with Crippen molar-refractivity contribution in [3.63, 3.8) is 0 Å². The number of esters is 1. The molecule has 0 fully saturated rings. The molecular weight excluding hydrogens is 348 g/mol. The Morgan fingerprint density at radius 3 is 2.37 bits per heavy atom. The van der Waals surface area contributed by atoms with Crippen molar-refractivity contribution in [2.24, 2.45) is 5.92 Å². The van der Waals surface area contributed by atoms with Gasteiger partial charge in [0, 0.05) is 23.2 Å². The number of carbonyl (C=O) groups is 3. The number of hydrogen-bond donors (Lipinski definition) is 1. The Morgan fingerprint density at radius 1 is 1.15 bits per heavy atom. The molecule has 7 heteroatoms. The summed E-state index contributed by atoms with van der Waals surface area (Å²) in [5.41, 5.74) is 2.33. The Labute approximate surface area is 158 Å². The number of aromatic nitrogens is 1. The third-order valence-electron chi connectivity index (χ3n) is 3.95. The summed E-state index contributed by atoms with van der Waals surface area (Å²) in [5.74, 6) is -0.0772. The Balaban J connectivity index is 1.85. The molecule has 0 aliphatic heterocycles. The van der Waals surface area contributed by atoms with E-state index in [1.165, 1.54) is 0 Å². The largest absolute Gasteiger partial charge is 0.457 e. The molecule has 1 aromatic carbocycles. The van der Waals surface area contributed by atoms with Gasteiger partial charge in [-0.15, -0.1) is 0 Å². The van der Waals surface area contributed by atoms with Gasteiger partial charge in [0.15, 0.2) is 12.4 Å². The highest BCUT2D eigenvalue weighted by Gasteiger charge is 2.16. The van der Waals surface area contributed by atoms with E-state index in [0.29, 0.717) is 34.7 Å². The minimum Gasteiger partial charge on any atom is -0.457 e. The lowest BCUT2D eigenvalue weighted by Crippen LogP contribution is -2.16. The van der Waals surface area contributed by atoms with E-state index in [2.05, 4.69) is 10.5 Å². The SMILES string of the molecule is Cc1noc(C)c1CC(=O)OCC(=O)c1ccc(NC(=O)CC(C)C)cc1. The van der Waals surface area contributed by atoms with E-state index in [1.54, 1.807) is 38.1 Å². The highest BCUT2D eigenvalue weighted by atomic mass is 16.5. The molecule has 0 aliphatic carbocycles. The van der Waals surface area contributed by atoms with E-state index in [4.69, 9.17) is 9.26 Å². The number of aryl methyl sites for hydroxylation is 2. The van der Waals surface area contributed by atoms with E-state index in [0.717, 1.165) is 0 Å². The van der Waals surface area contributed by atoms with Gasteiger partial charge in [0.2, 0.25) is 5.91 Å². The van der Waals surface area contributed by atoms with E-state index >= 15 is 0 Å². The number of carbonyl (C=O) groups excluding carboxylic acids is 3. The number of rotatable bonds is 8. The van der Waals surface area contributed by atoms with Gasteiger partial charge in [-0.05, 0) is 44.0 Å². The summed E-state index contributed by atoms with van der Waals surface area (Å²) in [5, 5.41) is 6.55. The van der Waals surface area contributed by atoms with Crippen molar-refractivity contribution in [3.8, 4) is 0 Å². The first kappa shape index (κ1) is 20.4. The maximum atomic E-state index is 12.2. The van der Waals surface area contributed by atoms with Crippen LogP contribution in [0, 0.1) is 19.8 Å². The second-order valence-corrected chi connectivity index (χ2v) is 6.79. The number of nitrogens with zero attached hydrogens (tertiary/aromatic N) is 1. The molecule has 0 atom stereocenters. The lowest BCUT2D eigenvalue weighted by molar-refractivity contribution is -0.141. The van der Waals surface area contributed by atoms with Crippen LogP contribution in [0.4, 0.5) is 5.69 Å². The van der Waals surface area contributed by atoms with Gasteiger partial charge in [-0.2, -0.15) is 0 Å². The molecule has 0 spiro atoms. The first-order valence-electron chi connectivity index (χ1n) is 8.76. The van der Waals surface area contributed by atoms with Crippen LogP contribution >= 0.6 is 0 Å². The summed E-state index contributed by atoms with van der Waals surface area (Å²) in [6.45, 7) is 7.05. The number of Topliss-reactive ketones (excluding diaryl/α,β-unsaturated/α-hetero) is 1. The van der Waals surface area contributed by atoms with Crippen LogP contribution in [0.3, 0.4) is 0 Å². The molecule has 27 heavy (non-hydrogen) atoms. The minimum absolute atomic E-state index is 0.00919. The molecule has 0 saturated heterocycles. The third-order valence-corrected chi connectivity index (χ3v) is 3.95. The number of amides is 1. The fourth-order valence-corrected chi connectivity index (χ4v) is 2.50. The Morgan fingerprint density at radius 2 is 1.81 bits per heavy atom. The zero-order chi connectivity index (χ0) is 20.0. The van der Waals surface area contributed by atoms with Crippen LogP contribution < -0.4 is 5.32 Å². The quantitative estimate of drug-likeness (QED) is 0.564. The molecule has 7 nitrogen and oxygen atoms in total. The first-order chi connectivity index (χ1) is 12.8. The summed E-state index contributed by atoms with van der Waals surface area (Å²) in [7, 11) is 0. The van der Waals surface area contributed by atoms with Gasteiger partial charge in [0.1, 0.15) is 5.76 Å². The molecule has 0 bridgehead atoms. The number of ketones is 1. The van der Waals surface area contributed by atoms with Crippen molar-refractivity contribution < 1.29 is 23.6 Å². The Bertz CT molecular complexity index is 802. The van der Waals surface area contributed by atoms with Gasteiger partial charge < -0.3 is 14.6 Å². The van der Waals surface area contributed by atoms with E-state index < -0.39 is 5.97 Å². The first-order valence-corrected chi connectivity index (χ1v) is 8.76. The lowest BCUT2D eigenvalue weighted by Gasteiger charge is -2.08. The lowest BCUT2D eigenvalue weighted by atomic mass is 10.1. The average Bonchev–Trinajstić information content (AvgIpc) is 2.91. The van der Waals surface area contributed by atoms with Crippen LogP contribution in [0.15, 0.2) is 28.8 Å². The van der Waals surface area contributed by atoms with Crippen molar-refractivity contribution in [2.75, 3.05) is 11.9 Å². The maximum absolute atomic E-state index is 12.2. The summed E-state index contributed by atoms with van der Waals surface area (Å²) in [4.78, 5) is 35.8. The number of anilines is 1. The highest BCUT2D eigenvalue weighted by Crippen LogP contribution is 2.14. The van der Waals surface area contributed by atoms with Gasteiger partial charge >= 0.3 is 5.97 Å². The Kier molecular flexibility index (Phi) is 6.87. The van der Waals surface area contributed by atoms with Gasteiger partial charge in [-0.25, -0.2) is 0 Å². The summed E-state index contributed by atoms with van der Waals surface area (Å²) in [6.07, 6.45) is 0.442. The minimum atomic E-state index is -0.518. The number of hydrogen-bond acceptors (Lipinski definition) is 6. The van der Waals surface area contributed by atoms with Crippen molar-refractivity contribution in [3.05, 3.63) is 46.8 Å². The molecule has 1 heterocycles. The van der Waals surface area contributed by atoms with Gasteiger partial charge in [0.05, 0.1) is 12.1 Å². The zero-order valence-corrected chi connectivity index (χ0v) is 16.0. The second-order valence-electron chi connectivity index (χ2n) is 6.79. The zero-order valence-electron chi connectivity index (χ0n) is 16.0. The van der Waals surface area contributed by atoms with Crippen LogP contribution in [0.1, 0.15) is 47.6 Å². The fourth-order valence-electron chi connectivity index (χ4n) is 2.50. The van der Waals surface area contributed by atoms with E-state index in [-0.39, 0.29) is 30.6 Å². The molecule has 1 aromatic heterocycles. The van der Waals surface area contributed by atoms with Crippen LogP contribution in [0.25, 0.3) is 0 Å². The molecule has 0 unspecified atom stereocenters. The third kappa shape index (κ3) is 6.06. The standard InChI is InChI=1S/C20H24N2O5/c1-12(2)9-19(24)21-16-7-5-15(6-8-16)18(23)11-26-20(25)10-17-13(3)22-27-14(17)4/h5-8,12H,9-11H2,1-4H3,(H,21,24). The fraction of sp³-hybridized carbons (Fsp3) is 0.400. The summed E-state index contributed by atoms with van der Waals surface area (Å²) in [6, 6.07) is 6.49. The van der Waals surface area contributed by atoms with Crippen LogP contribution in [0.2, 0.25) is 0 Å². The summed E-state index contributed by atoms with van der Waals surface area (Å²) < 4.78 is 10.0. The van der Waals surface area contributed by atoms with Crippen molar-refractivity contribution in [1.82, 2.24) is 5.16 Å². The van der Waals surface area contributed by atoms with Gasteiger partial charge in [-0.3, -0.25) is 14.4 Å². The topological polar surface area (TPSA) is 98.5 Å². The number of nitrogens with one attached hydrogen (secondary N) is 1. The average molecular weight is 372 g/mol. The van der Waals surface area contributed by atoms with Crippen LogP contribution in [-0.2, 0) is 20.7 Å². The number of ether oxygens (including phenoxy) is 1. The maximum Gasteiger partial charge on any atom is 0.310 e. The molecule has 1 amide bonds. The molecule has 144 valence electrons. The predicted molar refractivity (Wildman–Crippen MR) is 99.5 cm³/mol. The van der Waals surface area contributed by atoms with E-state index in [1.807, 2.05) is 13.8 Å². The molecule has 2 rings (SSSR count). The highest BCUT2D eigenvalue weighted by molar-refractivity contribution is 5.99. The monoisotopic (exact) mass is 372 g/mol. The van der Waals surface area contributed by atoms with Crippen molar-refractivity contribution >= 4 is 23.3 Å². The smallest absolute Gasteiger partial charge is 0.310 e. The summed E-state index contributed by atoms with van der Waals surface area (Å²) >= 11 is 0. The molecule has 0 saturated carbocycles. The van der Waals surface area contributed by atoms with Crippen molar-refractivity contribution in [2.45, 2.75) is 40.5 Å². The van der Waals surface area contributed by atoms with E-state index in [9.17, 15) is 14.4 Å². The molecule has 0 radical (unpaired) electrons. The normalized spacial score (nSPS) is 10.7. The van der Waals surface area contributed by atoms with Gasteiger partial charge in [-0.1, -0.05) is 19.0 Å². The van der Waals surface area contributed by atoms with Crippen LogP contribution in [-0.4, -0.2) is 29.4 Å². The molecule has 0 aliphatic rings. The van der Waals surface area contributed by atoms with Gasteiger partial charge in [0.25, 0.3) is 0 Å². The molecular formula is C20H24N2O5. The second kappa shape index (κ2) is 9.12.